The summed E-state index contributed by atoms with van der Waals surface area (Å²) in [5.41, 5.74) is 6.60. The van der Waals surface area contributed by atoms with Gasteiger partial charge in [-0.25, -0.2) is 0 Å². The summed E-state index contributed by atoms with van der Waals surface area (Å²) >= 11 is 0. The molecule has 2 rings (SSSR count). The standard InChI is InChI=1S/C12H17NO2/c1-2-15-12(9-13)7-8-14-11-6-4-3-5-10(11)12/h3-6H,2,7-9,13H2,1H3. The fraction of sp³-hybridized carbons (Fsp3) is 0.500. The van der Waals surface area contributed by atoms with E-state index in [0.29, 0.717) is 19.8 Å². The molecule has 1 aliphatic rings. The van der Waals surface area contributed by atoms with E-state index in [1.165, 1.54) is 0 Å². The van der Waals surface area contributed by atoms with Gasteiger partial charge in [0.25, 0.3) is 0 Å². The molecule has 1 unspecified atom stereocenters. The maximum absolute atomic E-state index is 5.86. The fourth-order valence-electron chi connectivity index (χ4n) is 2.13. The van der Waals surface area contributed by atoms with Crippen molar-refractivity contribution in [3.8, 4) is 5.75 Å². The van der Waals surface area contributed by atoms with Crippen molar-refractivity contribution < 1.29 is 9.47 Å². The minimum Gasteiger partial charge on any atom is -0.493 e. The lowest BCUT2D eigenvalue weighted by Crippen LogP contribution is -2.42. The molecule has 1 aromatic carbocycles. The van der Waals surface area contributed by atoms with Crippen molar-refractivity contribution in [2.24, 2.45) is 5.73 Å². The summed E-state index contributed by atoms with van der Waals surface area (Å²) in [6.45, 7) is 3.84. The molecule has 3 nitrogen and oxygen atoms in total. The number of para-hydroxylation sites is 1. The lowest BCUT2D eigenvalue weighted by Gasteiger charge is -2.37. The van der Waals surface area contributed by atoms with Gasteiger partial charge in [-0.05, 0) is 13.0 Å². The van der Waals surface area contributed by atoms with Crippen molar-refractivity contribution in [3.05, 3.63) is 29.8 Å². The normalized spacial score (nSPS) is 24.4. The van der Waals surface area contributed by atoms with Crippen LogP contribution in [0.5, 0.6) is 5.75 Å². The molecule has 1 aliphatic heterocycles. The summed E-state index contributed by atoms with van der Waals surface area (Å²) in [6.07, 6.45) is 0.828. The molecule has 0 saturated carbocycles. The fourth-order valence-corrected chi connectivity index (χ4v) is 2.13. The van der Waals surface area contributed by atoms with Crippen LogP contribution in [0.4, 0.5) is 0 Å². The van der Waals surface area contributed by atoms with E-state index >= 15 is 0 Å². The quantitative estimate of drug-likeness (QED) is 0.819. The highest BCUT2D eigenvalue weighted by atomic mass is 16.5. The Morgan fingerprint density at radius 2 is 2.27 bits per heavy atom. The minimum absolute atomic E-state index is 0.344. The predicted molar refractivity (Wildman–Crippen MR) is 58.9 cm³/mol. The Morgan fingerprint density at radius 3 is 3.00 bits per heavy atom. The Morgan fingerprint density at radius 1 is 1.47 bits per heavy atom. The summed E-state index contributed by atoms with van der Waals surface area (Å²) < 4.78 is 11.4. The Hall–Kier alpha value is -1.06. The van der Waals surface area contributed by atoms with E-state index in [-0.39, 0.29) is 5.60 Å². The van der Waals surface area contributed by atoms with E-state index in [2.05, 4.69) is 0 Å². The molecular formula is C12H17NO2. The van der Waals surface area contributed by atoms with E-state index < -0.39 is 0 Å². The molecule has 15 heavy (non-hydrogen) atoms. The van der Waals surface area contributed by atoms with Crippen molar-refractivity contribution in [1.29, 1.82) is 0 Å². The molecule has 0 fully saturated rings. The van der Waals surface area contributed by atoms with Crippen LogP contribution in [0.15, 0.2) is 24.3 Å². The van der Waals surface area contributed by atoms with Crippen molar-refractivity contribution in [2.45, 2.75) is 18.9 Å². The molecule has 82 valence electrons. The molecule has 0 spiro atoms. The third-order valence-electron chi connectivity index (χ3n) is 2.89. The van der Waals surface area contributed by atoms with Gasteiger partial charge in [-0.3, -0.25) is 0 Å². The highest BCUT2D eigenvalue weighted by Gasteiger charge is 2.36. The minimum atomic E-state index is -0.344. The highest BCUT2D eigenvalue weighted by molar-refractivity contribution is 5.40. The molecule has 1 heterocycles. The van der Waals surface area contributed by atoms with Gasteiger partial charge in [0.05, 0.1) is 6.61 Å². The van der Waals surface area contributed by atoms with Crippen LogP contribution in [0, 0.1) is 0 Å². The van der Waals surface area contributed by atoms with Crippen molar-refractivity contribution in [1.82, 2.24) is 0 Å². The second kappa shape index (κ2) is 4.21. The van der Waals surface area contributed by atoms with Gasteiger partial charge < -0.3 is 15.2 Å². The third kappa shape index (κ3) is 1.73. The summed E-state index contributed by atoms with van der Waals surface area (Å²) in [5.74, 6) is 0.905. The molecule has 0 saturated heterocycles. The zero-order valence-electron chi connectivity index (χ0n) is 9.03. The zero-order valence-corrected chi connectivity index (χ0v) is 9.03. The van der Waals surface area contributed by atoms with Gasteiger partial charge in [-0.15, -0.1) is 0 Å². The number of hydrogen-bond donors (Lipinski definition) is 1. The van der Waals surface area contributed by atoms with Crippen LogP contribution < -0.4 is 10.5 Å². The average molecular weight is 207 g/mol. The smallest absolute Gasteiger partial charge is 0.125 e. The zero-order chi connectivity index (χ0) is 10.7. The molecule has 0 aliphatic carbocycles. The molecule has 0 aromatic heterocycles. The first-order valence-electron chi connectivity index (χ1n) is 5.39. The SMILES string of the molecule is CCOC1(CN)CCOc2ccccc21. The van der Waals surface area contributed by atoms with E-state index in [4.69, 9.17) is 15.2 Å². The monoisotopic (exact) mass is 207 g/mol. The third-order valence-corrected chi connectivity index (χ3v) is 2.89. The van der Waals surface area contributed by atoms with E-state index in [9.17, 15) is 0 Å². The van der Waals surface area contributed by atoms with Crippen LogP contribution in [-0.2, 0) is 10.3 Å². The average Bonchev–Trinajstić information content (AvgIpc) is 2.30. The number of rotatable bonds is 3. The van der Waals surface area contributed by atoms with Crippen molar-refractivity contribution in [3.63, 3.8) is 0 Å². The van der Waals surface area contributed by atoms with E-state index in [1.807, 2.05) is 31.2 Å². The molecule has 1 atom stereocenters. The van der Waals surface area contributed by atoms with Crippen molar-refractivity contribution in [2.75, 3.05) is 19.8 Å². The second-order valence-electron chi connectivity index (χ2n) is 3.73. The first-order chi connectivity index (χ1) is 7.32. The van der Waals surface area contributed by atoms with Gasteiger partial charge in [0.1, 0.15) is 11.4 Å². The number of nitrogens with two attached hydrogens (primary N) is 1. The molecular weight excluding hydrogens is 190 g/mol. The van der Waals surface area contributed by atoms with Crippen LogP contribution in [0.3, 0.4) is 0 Å². The van der Waals surface area contributed by atoms with E-state index in [1.54, 1.807) is 0 Å². The number of ether oxygens (including phenoxy) is 2. The molecule has 0 amide bonds. The van der Waals surface area contributed by atoms with Crippen LogP contribution >= 0.6 is 0 Å². The number of benzene rings is 1. The summed E-state index contributed by atoms with van der Waals surface area (Å²) in [5, 5.41) is 0. The van der Waals surface area contributed by atoms with E-state index in [0.717, 1.165) is 17.7 Å². The molecule has 3 heteroatoms. The topological polar surface area (TPSA) is 44.5 Å². The number of fused-ring (bicyclic) bond motifs is 1. The lowest BCUT2D eigenvalue weighted by atomic mass is 9.88. The highest BCUT2D eigenvalue weighted by Crippen LogP contribution is 2.38. The van der Waals surface area contributed by atoms with Gasteiger partial charge in [0.15, 0.2) is 0 Å². The molecule has 0 bridgehead atoms. The molecule has 2 N–H and O–H groups in total. The Balaban J connectivity index is 2.42. The van der Waals surface area contributed by atoms with Crippen molar-refractivity contribution >= 4 is 0 Å². The van der Waals surface area contributed by atoms with Gasteiger partial charge in [0.2, 0.25) is 0 Å². The Labute approximate surface area is 90.2 Å². The van der Waals surface area contributed by atoms with Crippen LogP contribution in [0.2, 0.25) is 0 Å². The second-order valence-corrected chi connectivity index (χ2v) is 3.73. The first kappa shape index (κ1) is 10.5. The van der Waals surface area contributed by atoms with Crippen LogP contribution in [0.25, 0.3) is 0 Å². The van der Waals surface area contributed by atoms with Gasteiger partial charge in [0, 0.05) is 25.1 Å². The summed E-state index contributed by atoms with van der Waals surface area (Å²) in [4.78, 5) is 0. The lowest BCUT2D eigenvalue weighted by molar-refractivity contribution is -0.0623. The van der Waals surface area contributed by atoms with Gasteiger partial charge in [-0.2, -0.15) is 0 Å². The van der Waals surface area contributed by atoms with Crippen LogP contribution in [0.1, 0.15) is 18.9 Å². The number of hydrogen-bond acceptors (Lipinski definition) is 3. The predicted octanol–water partition coefficient (Wildman–Crippen LogP) is 1.66. The van der Waals surface area contributed by atoms with Crippen LogP contribution in [-0.4, -0.2) is 19.8 Å². The largest absolute Gasteiger partial charge is 0.493 e. The Bertz CT molecular complexity index is 340. The van der Waals surface area contributed by atoms with Gasteiger partial charge in [-0.1, -0.05) is 18.2 Å². The summed E-state index contributed by atoms with van der Waals surface area (Å²) in [6, 6.07) is 7.98. The first-order valence-corrected chi connectivity index (χ1v) is 5.39. The Kier molecular flexibility index (Phi) is 2.93. The molecule has 1 aromatic rings. The maximum Gasteiger partial charge on any atom is 0.125 e. The molecule has 0 radical (unpaired) electrons. The maximum atomic E-state index is 5.86. The van der Waals surface area contributed by atoms with Gasteiger partial charge >= 0.3 is 0 Å². The summed E-state index contributed by atoms with van der Waals surface area (Å²) in [7, 11) is 0.